The summed E-state index contributed by atoms with van der Waals surface area (Å²) < 4.78 is 10.5. The molecule has 6 heteroatoms. The van der Waals surface area contributed by atoms with Crippen LogP contribution in [0.2, 0.25) is 0 Å². The molecule has 2 rings (SSSR count). The van der Waals surface area contributed by atoms with Gasteiger partial charge in [-0.05, 0) is 36.8 Å². The van der Waals surface area contributed by atoms with Crippen molar-refractivity contribution in [1.29, 1.82) is 0 Å². The van der Waals surface area contributed by atoms with Gasteiger partial charge in [0.2, 0.25) is 11.8 Å². The Hall–Kier alpha value is -3.02. The predicted octanol–water partition coefficient (Wildman–Crippen LogP) is 3.39. The van der Waals surface area contributed by atoms with Crippen molar-refractivity contribution in [2.75, 3.05) is 31.0 Å². The molecule has 2 amide bonds. The van der Waals surface area contributed by atoms with Crippen molar-refractivity contribution in [1.82, 2.24) is 0 Å². The number of benzene rings is 2. The summed E-state index contributed by atoms with van der Waals surface area (Å²) in [5.74, 6) is 0.816. The Balaban J connectivity index is 2.09. The number of amides is 2. The van der Waals surface area contributed by atoms with Crippen molar-refractivity contribution in [3.05, 3.63) is 48.0 Å². The number of carbonyl (C=O) groups excluding carboxylic acids is 2. The van der Waals surface area contributed by atoms with Crippen LogP contribution in [0.15, 0.2) is 42.5 Å². The number of hydrogen-bond donors (Lipinski definition) is 1. The Labute approximate surface area is 153 Å². The van der Waals surface area contributed by atoms with Crippen LogP contribution in [0.5, 0.6) is 11.5 Å². The van der Waals surface area contributed by atoms with E-state index in [4.69, 9.17) is 9.47 Å². The zero-order valence-electron chi connectivity index (χ0n) is 15.5. The van der Waals surface area contributed by atoms with Crippen LogP contribution in [-0.2, 0) is 9.59 Å². The van der Waals surface area contributed by atoms with Crippen LogP contribution in [0.1, 0.15) is 18.9 Å². The van der Waals surface area contributed by atoms with E-state index in [0.29, 0.717) is 17.2 Å². The molecule has 0 aliphatic heterocycles. The van der Waals surface area contributed by atoms with Gasteiger partial charge < -0.3 is 19.7 Å². The van der Waals surface area contributed by atoms with Crippen molar-refractivity contribution in [3.63, 3.8) is 0 Å². The van der Waals surface area contributed by atoms with Crippen molar-refractivity contribution in [2.24, 2.45) is 0 Å². The molecule has 0 atom stereocenters. The molecule has 0 radical (unpaired) electrons. The molecule has 0 unspecified atom stereocenters. The average Bonchev–Trinajstić information content (AvgIpc) is 2.61. The lowest BCUT2D eigenvalue weighted by Gasteiger charge is -2.23. The largest absolute Gasteiger partial charge is 0.497 e. The first-order chi connectivity index (χ1) is 12.4. The number of aryl methyl sites for hydroxylation is 1. The molecule has 138 valence electrons. The number of anilines is 2. The van der Waals surface area contributed by atoms with Gasteiger partial charge in [-0.15, -0.1) is 0 Å². The second-order valence-electron chi connectivity index (χ2n) is 5.88. The summed E-state index contributed by atoms with van der Waals surface area (Å²) in [6, 6.07) is 12.8. The molecule has 0 aliphatic rings. The maximum Gasteiger partial charge on any atom is 0.226 e. The van der Waals surface area contributed by atoms with E-state index < -0.39 is 0 Å². The summed E-state index contributed by atoms with van der Waals surface area (Å²) in [7, 11) is 3.09. The summed E-state index contributed by atoms with van der Waals surface area (Å²) in [4.78, 5) is 25.8. The third-order valence-electron chi connectivity index (χ3n) is 3.92. The van der Waals surface area contributed by atoms with Gasteiger partial charge in [0, 0.05) is 31.6 Å². The van der Waals surface area contributed by atoms with Crippen LogP contribution in [0.3, 0.4) is 0 Å². The summed E-state index contributed by atoms with van der Waals surface area (Å²) in [6.45, 7) is 3.67. The van der Waals surface area contributed by atoms with Gasteiger partial charge in [0.25, 0.3) is 0 Å². The summed E-state index contributed by atoms with van der Waals surface area (Å²) in [5.41, 5.74) is 2.41. The molecular weight excluding hydrogens is 332 g/mol. The molecule has 0 heterocycles. The Morgan fingerprint density at radius 2 is 1.85 bits per heavy atom. The van der Waals surface area contributed by atoms with E-state index in [1.165, 1.54) is 18.9 Å². The first-order valence-electron chi connectivity index (χ1n) is 8.31. The zero-order chi connectivity index (χ0) is 19.1. The van der Waals surface area contributed by atoms with E-state index in [2.05, 4.69) is 5.32 Å². The van der Waals surface area contributed by atoms with E-state index >= 15 is 0 Å². The van der Waals surface area contributed by atoms with Gasteiger partial charge in [-0.1, -0.05) is 12.1 Å². The second-order valence-corrected chi connectivity index (χ2v) is 5.88. The van der Waals surface area contributed by atoms with E-state index in [-0.39, 0.29) is 24.8 Å². The monoisotopic (exact) mass is 356 g/mol. The molecule has 0 saturated heterocycles. The topological polar surface area (TPSA) is 67.9 Å². The normalized spacial score (nSPS) is 10.2. The fourth-order valence-electron chi connectivity index (χ4n) is 2.62. The lowest BCUT2D eigenvalue weighted by atomic mass is 10.2. The molecule has 0 aromatic heterocycles. The average molecular weight is 356 g/mol. The minimum absolute atomic E-state index is 0.158. The minimum atomic E-state index is -0.170. The highest BCUT2D eigenvalue weighted by Gasteiger charge is 2.18. The first-order valence-corrected chi connectivity index (χ1v) is 8.31. The fourth-order valence-corrected chi connectivity index (χ4v) is 2.62. The van der Waals surface area contributed by atoms with Crippen molar-refractivity contribution < 1.29 is 19.1 Å². The number of nitrogens with one attached hydrogen (secondary N) is 1. The molecule has 0 aliphatic carbocycles. The molecule has 0 saturated carbocycles. The fraction of sp³-hybridized carbons (Fsp3) is 0.300. The second kappa shape index (κ2) is 8.89. The van der Waals surface area contributed by atoms with Gasteiger partial charge in [-0.3, -0.25) is 9.59 Å². The van der Waals surface area contributed by atoms with Crippen molar-refractivity contribution in [3.8, 4) is 11.5 Å². The third kappa shape index (κ3) is 4.99. The van der Waals surface area contributed by atoms with Gasteiger partial charge in [0.1, 0.15) is 11.5 Å². The van der Waals surface area contributed by atoms with Crippen molar-refractivity contribution >= 4 is 23.2 Å². The summed E-state index contributed by atoms with van der Waals surface area (Å²) in [6.07, 6.45) is 0.169. The lowest BCUT2D eigenvalue weighted by molar-refractivity contribution is -0.117. The molecule has 2 aromatic carbocycles. The van der Waals surface area contributed by atoms with Gasteiger partial charge >= 0.3 is 0 Å². The van der Waals surface area contributed by atoms with E-state index in [1.807, 2.05) is 31.2 Å². The van der Waals surface area contributed by atoms with E-state index in [0.717, 1.165) is 11.3 Å². The molecule has 0 spiro atoms. The number of methoxy groups -OCH3 is 2. The van der Waals surface area contributed by atoms with Gasteiger partial charge in [-0.25, -0.2) is 0 Å². The molecular formula is C20H24N2O4. The molecule has 0 fully saturated rings. The summed E-state index contributed by atoms with van der Waals surface area (Å²) in [5, 5.41) is 2.85. The number of ether oxygens (including phenoxy) is 2. The van der Waals surface area contributed by atoms with Crippen LogP contribution < -0.4 is 19.7 Å². The highest BCUT2D eigenvalue weighted by atomic mass is 16.5. The van der Waals surface area contributed by atoms with Gasteiger partial charge in [0.05, 0.1) is 19.9 Å². The summed E-state index contributed by atoms with van der Waals surface area (Å²) >= 11 is 0. The van der Waals surface area contributed by atoms with Gasteiger partial charge in [0.15, 0.2) is 0 Å². The predicted molar refractivity (Wildman–Crippen MR) is 102 cm³/mol. The quantitative estimate of drug-likeness (QED) is 0.826. The van der Waals surface area contributed by atoms with Crippen LogP contribution in [0.4, 0.5) is 11.4 Å². The number of carbonyl (C=O) groups is 2. The van der Waals surface area contributed by atoms with Gasteiger partial charge in [-0.2, -0.15) is 0 Å². The standard InChI is InChI=1S/C20H24N2O4/c1-14-6-5-7-16(12-14)21-20(24)10-11-22(15(2)23)18-9-8-17(25-3)13-19(18)26-4/h5-9,12-13H,10-11H2,1-4H3,(H,21,24). The van der Waals surface area contributed by atoms with Crippen LogP contribution in [0.25, 0.3) is 0 Å². The number of nitrogens with zero attached hydrogens (tertiary/aromatic N) is 1. The number of rotatable bonds is 7. The molecule has 2 aromatic rings. The zero-order valence-corrected chi connectivity index (χ0v) is 15.5. The lowest BCUT2D eigenvalue weighted by Crippen LogP contribution is -2.32. The molecule has 6 nitrogen and oxygen atoms in total. The molecule has 26 heavy (non-hydrogen) atoms. The Morgan fingerprint density at radius 3 is 2.46 bits per heavy atom. The Kier molecular flexibility index (Phi) is 6.60. The van der Waals surface area contributed by atoms with E-state index in [1.54, 1.807) is 25.3 Å². The van der Waals surface area contributed by atoms with E-state index in [9.17, 15) is 9.59 Å². The SMILES string of the molecule is COc1ccc(N(CCC(=O)Nc2cccc(C)c2)C(C)=O)c(OC)c1. The first kappa shape index (κ1) is 19.3. The maximum absolute atomic E-state index is 12.2. The highest BCUT2D eigenvalue weighted by Crippen LogP contribution is 2.32. The Morgan fingerprint density at radius 1 is 1.08 bits per heavy atom. The minimum Gasteiger partial charge on any atom is -0.497 e. The third-order valence-corrected chi connectivity index (χ3v) is 3.92. The Bertz CT molecular complexity index is 789. The molecule has 0 bridgehead atoms. The highest BCUT2D eigenvalue weighted by molar-refractivity contribution is 5.96. The maximum atomic E-state index is 12.2. The van der Waals surface area contributed by atoms with Crippen LogP contribution in [-0.4, -0.2) is 32.6 Å². The van der Waals surface area contributed by atoms with Crippen LogP contribution in [0, 0.1) is 6.92 Å². The molecule has 1 N–H and O–H groups in total. The van der Waals surface area contributed by atoms with Crippen molar-refractivity contribution in [2.45, 2.75) is 20.3 Å². The smallest absolute Gasteiger partial charge is 0.226 e. The number of hydrogen-bond acceptors (Lipinski definition) is 4. The van der Waals surface area contributed by atoms with Crippen LogP contribution >= 0.6 is 0 Å².